The van der Waals surface area contributed by atoms with Gasteiger partial charge in [-0.2, -0.15) is 5.10 Å². The third-order valence-electron chi connectivity index (χ3n) is 3.44. The minimum absolute atomic E-state index is 0.0598. The highest BCUT2D eigenvalue weighted by atomic mass is 16.5. The van der Waals surface area contributed by atoms with Gasteiger partial charge in [0.15, 0.2) is 5.69 Å². The number of nitrogens with zero attached hydrogens (tertiary/aromatic N) is 2. The number of aromatic amines is 2. The number of carbonyl (C=O) groups is 1. The van der Waals surface area contributed by atoms with Gasteiger partial charge in [-0.3, -0.25) is 9.89 Å². The Hall–Kier alpha value is -2.15. The lowest BCUT2D eigenvalue weighted by atomic mass is 9.99. The second kappa shape index (κ2) is 5.09. The van der Waals surface area contributed by atoms with E-state index in [1.54, 1.807) is 12.5 Å². The van der Waals surface area contributed by atoms with Gasteiger partial charge in [-0.1, -0.05) is 0 Å². The van der Waals surface area contributed by atoms with Crippen LogP contribution in [0.4, 0.5) is 0 Å². The number of amides is 1. The fourth-order valence-corrected chi connectivity index (χ4v) is 2.50. The van der Waals surface area contributed by atoms with Crippen molar-refractivity contribution in [1.29, 1.82) is 0 Å². The summed E-state index contributed by atoms with van der Waals surface area (Å²) < 4.78 is 5.71. The molecule has 2 atom stereocenters. The van der Waals surface area contributed by atoms with Crippen LogP contribution in [0.2, 0.25) is 0 Å². The molecule has 106 valence electrons. The Balaban J connectivity index is 1.75. The number of H-pyrrole nitrogens is 2. The van der Waals surface area contributed by atoms with Crippen LogP contribution in [-0.2, 0) is 17.7 Å². The van der Waals surface area contributed by atoms with Crippen LogP contribution in [0.25, 0.3) is 0 Å². The van der Waals surface area contributed by atoms with E-state index in [0.29, 0.717) is 18.7 Å². The molecule has 3 N–H and O–H groups in total. The fourth-order valence-electron chi connectivity index (χ4n) is 2.50. The number of imidazole rings is 1. The van der Waals surface area contributed by atoms with E-state index >= 15 is 0 Å². The van der Waals surface area contributed by atoms with Crippen molar-refractivity contribution in [2.75, 3.05) is 0 Å². The molecule has 1 aliphatic rings. The molecular weight excluding hydrogens is 258 g/mol. The van der Waals surface area contributed by atoms with E-state index in [0.717, 1.165) is 17.0 Å². The maximum absolute atomic E-state index is 12.2. The Morgan fingerprint density at radius 2 is 2.40 bits per heavy atom. The van der Waals surface area contributed by atoms with Crippen LogP contribution in [0.5, 0.6) is 0 Å². The van der Waals surface area contributed by atoms with E-state index < -0.39 is 0 Å². The summed E-state index contributed by atoms with van der Waals surface area (Å²) in [4.78, 5) is 19.1. The molecule has 0 spiro atoms. The van der Waals surface area contributed by atoms with Gasteiger partial charge in [-0.25, -0.2) is 4.98 Å². The summed E-state index contributed by atoms with van der Waals surface area (Å²) in [5, 5.41) is 9.89. The molecule has 0 aliphatic carbocycles. The van der Waals surface area contributed by atoms with Crippen molar-refractivity contribution >= 4 is 5.91 Å². The first-order valence-corrected chi connectivity index (χ1v) is 6.63. The highest BCUT2D eigenvalue weighted by Gasteiger charge is 2.29. The van der Waals surface area contributed by atoms with Crippen LogP contribution in [-0.4, -0.2) is 32.2 Å². The highest BCUT2D eigenvalue weighted by molar-refractivity contribution is 5.94. The first-order valence-electron chi connectivity index (χ1n) is 6.63. The molecule has 0 aromatic carbocycles. The number of hydrogen-bond donors (Lipinski definition) is 3. The molecule has 20 heavy (non-hydrogen) atoms. The molecule has 0 unspecified atom stereocenters. The van der Waals surface area contributed by atoms with E-state index in [2.05, 4.69) is 25.5 Å². The Bertz CT molecular complexity index is 604. The molecule has 3 rings (SSSR count). The molecule has 3 heterocycles. The summed E-state index contributed by atoms with van der Waals surface area (Å²) >= 11 is 0. The zero-order chi connectivity index (χ0) is 14.1. The van der Waals surface area contributed by atoms with Crippen molar-refractivity contribution in [3.8, 4) is 0 Å². The number of nitrogens with one attached hydrogen (secondary N) is 3. The van der Waals surface area contributed by atoms with Crippen molar-refractivity contribution in [2.24, 2.45) is 0 Å². The SMILES string of the molecule is C[C@@H]1Cc2c(C(=O)NCc3cnc[nH]3)n[nH]c2[C@H](C)O1. The lowest BCUT2D eigenvalue weighted by molar-refractivity contribution is -0.00697. The molecule has 0 bridgehead atoms. The molecule has 0 saturated carbocycles. The van der Waals surface area contributed by atoms with Crippen LogP contribution in [0.3, 0.4) is 0 Å². The molecule has 2 aromatic rings. The average Bonchev–Trinajstić information content (AvgIpc) is 3.04. The molecule has 7 heteroatoms. The summed E-state index contributed by atoms with van der Waals surface area (Å²) in [6.45, 7) is 4.36. The molecule has 0 saturated heterocycles. The number of ether oxygens (including phenoxy) is 1. The monoisotopic (exact) mass is 275 g/mol. The van der Waals surface area contributed by atoms with Crippen LogP contribution in [0, 0.1) is 0 Å². The predicted octanol–water partition coefficient (Wildman–Crippen LogP) is 1.08. The summed E-state index contributed by atoms with van der Waals surface area (Å²) in [6.07, 6.45) is 3.99. The number of carbonyl (C=O) groups excluding carboxylic acids is 1. The van der Waals surface area contributed by atoms with Crippen LogP contribution >= 0.6 is 0 Å². The zero-order valence-corrected chi connectivity index (χ0v) is 11.4. The number of rotatable bonds is 3. The van der Waals surface area contributed by atoms with Gasteiger partial charge in [0.1, 0.15) is 0 Å². The minimum Gasteiger partial charge on any atom is -0.369 e. The maximum atomic E-state index is 12.2. The van der Waals surface area contributed by atoms with Crippen LogP contribution in [0.1, 0.15) is 47.4 Å². The van der Waals surface area contributed by atoms with Crippen molar-refractivity contribution in [3.05, 3.63) is 35.2 Å². The normalized spacial score (nSPS) is 21.5. The highest BCUT2D eigenvalue weighted by Crippen LogP contribution is 2.29. The van der Waals surface area contributed by atoms with Crippen molar-refractivity contribution in [3.63, 3.8) is 0 Å². The molecule has 7 nitrogen and oxygen atoms in total. The Morgan fingerprint density at radius 1 is 1.55 bits per heavy atom. The first kappa shape index (κ1) is 12.9. The average molecular weight is 275 g/mol. The topological polar surface area (TPSA) is 95.7 Å². The van der Waals surface area contributed by atoms with Gasteiger partial charge >= 0.3 is 0 Å². The largest absolute Gasteiger partial charge is 0.369 e. The molecule has 0 fully saturated rings. The fraction of sp³-hybridized carbons (Fsp3) is 0.462. The van der Waals surface area contributed by atoms with E-state index in [9.17, 15) is 4.79 Å². The van der Waals surface area contributed by atoms with E-state index in [1.165, 1.54) is 0 Å². The van der Waals surface area contributed by atoms with Gasteiger partial charge < -0.3 is 15.0 Å². The summed E-state index contributed by atoms with van der Waals surface area (Å²) in [6, 6.07) is 0. The second-order valence-corrected chi connectivity index (χ2v) is 5.02. The molecular formula is C13H17N5O2. The van der Waals surface area contributed by atoms with Gasteiger partial charge in [0.05, 0.1) is 36.5 Å². The van der Waals surface area contributed by atoms with Gasteiger partial charge in [0, 0.05) is 18.2 Å². The third-order valence-corrected chi connectivity index (χ3v) is 3.44. The van der Waals surface area contributed by atoms with Crippen LogP contribution < -0.4 is 5.32 Å². The predicted molar refractivity (Wildman–Crippen MR) is 71.0 cm³/mol. The first-order chi connectivity index (χ1) is 9.65. The third kappa shape index (κ3) is 2.32. The number of aromatic nitrogens is 4. The van der Waals surface area contributed by atoms with Gasteiger partial charge in [0.25, 0.3) is 5.91 Å². The number of hydrogen-bond acceptors (Lipinski definition) is 4. The number of fused-ring (bicyclic) bond motifs is 1. The quantitative estimate of drug-likeness (QED) is 0.781. The Kier molecular flexibility index (Phi) is 3.27. The standard InChI is InChI=1S/C13H17N5O2/c1-7-3-10-11(8(2)20-7)17-18-12(10)13(19)15-5-9-4-14-6-16-9/h4,6-8H,3,5H2,1-2H3,(H,14,16)(H,15,19)(H,17,18)/t7-,8+/m1/s1. The van der Waals surface area contributed by atoms with Crippen LogP contribution in [0.15, 0.2) is 12.5 Å². The smallest absolute Gasteiger partial charge is 0.272 e. The van der Waals surface area contributed by atoms with Gasteiger partial charge in [0.2, 0.25) is 0 Å². The lowest BCUT2D eigenvalue weighted by Gasteiger charge is -2.25. The van der Waals surface area contributed by atoms with Gasteiger partial charge in [-0.05, 0) is 13.8 Å². The van der Waals surface area contributed by atoms with E-state index in [4.69, 9.17) is 4.74 Å². The molecule has 0 radical (unpaired) electrons. The van der Waals surface area contributed by atoms with Gasteiger partial charge in [-0.15, -0.1) is 0 Å². The second-order valence-electron chi connectivity index (χ2n) is 5.02. The maximum Gasteiger partial charge on any atom is 0.272 e. The van der Waals surface area contributed by atoms with Crippen molar-refractivity contribution in [2.45, 2.75) is 39.0 Å². The molecule has 1 amide bonds. The minimum atomic E-state index is -0.182. The summed E-state index contributed by atoms with van der Waals surface area (Å²) in [7, 11) is 0. The van der Waals surface area contributed by atoms with E-state index in [1.807, 2.05) is 13.8 Å². The Morgan fingerprint density at radius 3 is 3.15 bits per heavy atom. The van der Waals surface area contributed by atoms with E-state index in [-0.39, 0.29) is 18.1 Å². The Labute approximate surface area is 116 Å². The molecule has 1 aliphatic heterocycles. The van der Waals surface area contributed by atoms with Crippen molar-refractivity contribution in [1.82, 2.24) is 25.5 Å². The zero-order valence-electron chi connectivity index (χ0n) is 11.4. The summed E-state index contributed by atoms with van der Waals surface area (Å²) in [5.41, 5.74) is 3.17. The molecule has 2 aromatic heterocycles. The summed E-state index contributed by atoms with van der Waals surface area (Å²) in [5.74, 6) is -0.182. The van der Waals surface area contributed by atoms with Crippen molar-refractivity contribution < 1.29 is 9.53 Å². The lowest BCUT2D eigenvalue weighted by Crippen LogP contribution is -2.27.